The number of hydrogen-bond acceptors (Lipinski definition) is 3. The number of likely N-dealkylation sites (N-methyl/N-ethyl adjacent to an activating group) is 1. The first-order valence-corrected chi connectivity index (χ1v) is 6.63. The summed E-state index contributed by atoms with van der Waals surface area (Å²) in [7, 11) is 2.18. The molecule has 0 bridgehead atoms. The molecule has 3 heteroatoms. The fraction of sp³-hybridized carbons (Fsp3) is 0.385. The average Bonchev–Trinajstić information content (AvgIpc) is 2.40. The summed E-state index contributed by atoms with van der Waals surface area (Å²) in [5.41, 5.74) is 9.80. The van der Waals surface area contributed by atoms with Crippen molar-refractivity contribution >= 4 is 17.4 Å². The molecular weight excluding hydrogens is 216 g/mol. The maximum absolute atomic E-state index is 5.97. The van der Waals surface area contributed by atoms with E-state index >= 15 is 0 Å². The van der Waals surface area contributed by atoms with Gasteiger partial charge < -0.3 is 10.6 Å². The molecule has 2 aliphatic heterocycles. The minimum atomic E-state index is 0.555. The molecule has 0 spiro atoms. The normalized spacial score (nSPS) is 23.9. The zero-order chi connectivity index (χ0) is 11.1. The Morgan fingerprint density at radius 1 is 1.44 bits per heavy atom. The Kier molecular flexibility index (Phi) is 2.45. The molecule has 0 radical (unpaired) electrons. The summed E-state index contributed by atoms with van der Waals surface area (Å²) in [6.07, 6.45) is 4.64. The third-order valence-electron chi connectivity index (χ3n) is 3.27. The van der Waals surface area contributed by atoms with Crippen LogP contribution in [-0.4, -0.2) is 24.2 Å². The van der Waals surface area contributed by atoms with Crippen molar-refractivity contribution < 1.29 is 0 Å². The van der Waals surface area contributed by atoms with Gasteiger partial charge in [0.05, 0.1) is 0 Å². The molecule has 84 valence electrons. The first-order valence-electron chi connectivity index (χ1n) is 5.64. The van der Waals surface area contributed by atoms with Gasteiger partial charge in [-0.05, 0) is 30.3 Å². The van der Waals surface area contributed by atoms with Crippen LogP contribution in [-0.2, 0) is 6.54 Å². The lowest BCUT2D eigenvalue weighted by molar-refractivity contribution is 0.296. The van der Waals surface area contributed by atoms with E-state index in [9.17, 15) is 0 Å². The van der Waals surface area contributed by atoms with Gasteiger partial charge in [-0.2, -0.15) is 0 Å². The molecule has 0 aliphatic carbocycles. The Morgan fingerprint density at radius 3 is 3.19 bits per heavy atom. The van der Waals surface area contributed by atoms with Crippen LogP contribution in [0.15, 0.2) is 29.2 Å². The SMILES string of the molecule is CN1Cc2cc(N)cc3c2C(C=CCS3)C1. The van der Waals surface area contributed by atoms with Crippen molar-refractivity contribution in [1.29, 1.82) is 0 Å². The zero-order valence-electron chi connectivity index (χ0n) is 9.44. The number of anilines is 1. The van der Waals surface area contributed by atoms with E-state index in [0.29, 0.717) is 5.92 Å². The van der Waals surface area contributed by atoms with Crippen molar-refractivity contribution in [3.05, 3.63) is 35.4 Å². The van der Waals surface area contributed by atoms with Crippen LogP contribution in [0.4, 0.5) is 5.69 Å². The topological polar surface area (TPSA) is 29.3 Å². The molecule has 2 heterocycles. The van der Waals surface area contributed by atoms with Crippen LogP contribution < -0.4 is 5.73 Å². The summed E-state index contributed by atoms with van der Waals surface area (Å²) in [5.74, 6) is 1.62. The molecule has 0 amide bonds. The van der Waals surface area contributed by atoms with Crippen molar-refractivity contribution in [2.24, 2.45) is 0 Å². The van der Waals surface area contributed by atoms with E-state index in [1.165, 1.54) is 16.0 Å². The Hall–Kier alpha value is -0.930. The number of benzene rings is 1. The van der Waals surface area contributed by atoms with Crippen LogP contribution in [0.25, 0.3) is 0 Å². The van der Waals surface area contributed by atoms with E-state index in [1.54, 1.807) is 0 Å². The molecule has 1 aromatic rings. The molecule has 0 saturated carbocycles. The monoisotopic (exact) mass is 232 g/mol. The van der Waals surface area contributed by atoms with Gasteiger partial charge in [-0.25, -0.2) is 0 Å². The fourth-order valence-electron chi connectivity index (χ4n) is 2.68. The van der Waals surface area contributed by atoms with Gasteiger partial charge in [-0.3, -0.25) is 0 Å². The Balaban J connectivity index is 2.19. The standard InChI is InChI=1S/C13H16N2S/c1-15-7-9-3-2-4-16-12-6-11(14)5-10(8-15)13(9)12/h2-3,5-6,9H,4,7-8,14H2,1H3. The summed E-state index contributed by atoms with van der Waals surface area (Å²) >= 11 is 1.91. The Labute approximate surface area is 101 Å². The van der Waals surface area contributed by atoms with E-state index in [4.69, 9.17) is 5.73 Å². The van der Waals surface area contributed by atoms with Crippen molar-refractivity contribution in [2.75, 3.05) is 25.1 Å². The third kappa shape index (κ3) is 1.64. The number of rotatable bonds is 0. The predicted octanol–water partition coefficient (Wildman–Crippen LogP) is 2.46. The van der Waals surface area contributed by atoms with Gasteiger partial charge >= 0.3 is 0 Å². The lowest BCUT2D eigenvalue weighted by Crippen LogP contribution is -2.30. The van der Waals surface area contributed by atoms with Crippen molar-refractivity contribution in [3.63, 3.8) is 0 Å². The van der Waals surface area contributed by atoms with Crippen molar-refractivity contribution in [3.8, 4) is 0 Å². The van der Waals surface area contributed by atoms with Gasteiger partial charge in [0, 0.05) is 35.3 Å². The smallest absolute Gasteiger partial charge is 0.0328 e. The molecular formula is C13H16N2S. The average molecular weight is 232 g/mol. The van der Waals surface area contributed by atoms with E-state index < -0.39 is 0 Å². The number of thioether (sulfide) groups is 1. The van der Waals surface area contributed by atoms with E-state index in [1.807, 2.05) is 11.8 Å². The summed E-state index contributed by atoms with van der Waals surface area (Å²) in [6, 6.07) is 4.27. The maximum atomic E-state index is 5.97. The van der Waals surface area contributed by atoms with Crippen molar-refractivity contribution in [1.82, 2.24) is 4.90 Å². The summed E-state index contributed by atoms with van der Waals surface area (Å²) < 4.78 is 0. The van der Waals surface area contributed by atoms with Crippen LogP contribution in [0.2, 0.25) is 0 Å². The molecule has 0 aromatic heterocycles. The second-order valence-electron chi connectivity index (χ2n) is 4.63. The van der Waals surface area contributed by atoms with E-state index in [2.05, 4.69) is 36.2 Å². The second-order valence-corrected chi connectivity index (χ2v) is 5.70. The Bertz CT molecular complexity index is 453. The molecule has 16 heavy (non-hydrogen) atoms. The highest BCUT2D eigenvalue weighted by Crippen LogP contribution is 2.39. The summed E-state index contributed by atoms with van der Waals surface area (Å²) in [6.45, 7) is 2.15. The van der Waals surface area contributed by atoms with Crippen LogP contribution >= 0.6 is 11.8 Å². The van der Waals surface area contributed by atoms with Crippen LogP contribution in [0.5, 0.6) is 0 Å². The lowest BCUT2D eigenvalue weighted by atomic mass is 9.89. The highest BCUT2D eigenvalue weighted by molar-refractivity contribution is 7.99. The lowest BCUT2D eigenvalue weighted by Gasteiger charge is -2.31. The largest absolute Gasteiger partial charge is 0.399 e. The molecule has 0 saturated heterocycles. The molecule has 2 aliphatic rings. The minimum absolute atomic E-state index is 0.555. The predicted molar refractivity (Wildman–Crippen MR) is 69.8 cm³/mol. The number of nitrogens with two attached hydrogens (primary N) is 1. The second kappa shape index (κ2) is 3.82. The molecule has 3 rings (SSSR count). The zero-order valence-corrected chi connectivity index (χ0v) is 10.3. The highest BCUT2D eigenvalue weighted by Gasteiger charge is 2.25. The maximum Gasteiger partial charge on any atom is 0.0328 e. The van der Waals surface area contributed by atoms with Gasteiger partial charge in [0.25, 0.3) is 0 Å². The molecule has 1 aromatic carbocycles. The van der Waals surface area contributed by atoms with E-state index in [0.717, 1.165) is 24.5 Å². The summed E-state index contributed by atoms with van der Waals surface area (Å²) in [5, 5.41) is 0. The third-order valence-corrected chi connectivity index (χ3v) is 4.28. The van der Waals surface area contributed by atoms with Gasteiger partial charge in [0.2, 0.25) is 0 Å². The van der Waals surface area contributed by atoms with Gasteiger partial charge in [-0.15, -0.1) is 11.8 Å². The quantitative estimate of drug-likeness (QED) is 0.550. The molecule has 1 unspecified atom stereocenters. The molecule has 2 nitrogen and oxygen atoms in total. The molecule has 2 N–H and O–H groups in total. The molecule has 0 fully saturated rings. The van der Waals surface area contributed by atoms with Crippen LogP contribution in [0, 0.1) is 0 Å². The Morgan fingerprint density at radius 2 is 2.31 bits per heavy atom. The first kappa shape index (κ1) is 10.2. The van der Waals surface area contributed by atoms with Gasteiger partial charge in [0.1, 0.15) is 0 Å². The van der Waals surface area contributed by atoms with Crippen molar-refractivity contribution in [2.45, 2.75) is 17.4 Å². The van der Waals surface area contributed by atoms with Crippen LogP contribution in [0.3, 0.4) is 0 Å². The minimum Gasteiger partial charge on any atom is -0.399 e. The number of nitrogens with zero attached hydrogens (tertiary/aromatic N) is 1. The molecule has 1 atom stereocenters. The number of nitrogen functional groups attached to an aromatic ring is 1. The first-order chi connectivity index (χ1) is 7.74. The number of hydrogen-bond donors (Lipinski definition) is 1. The van der Waals surface area contributed by atoms with E-state index in [-0.39, 0.29) is 0 Å². The van der Waals surface area contributed by atoms with Gasteiger partial charge in [-0.1, -0.05) is 12.2 Å². The van der Waals surface area contributed by atoms with Crippen LogP contribution in [0.1, 0.15) is 17.0 Å². The van der Waals surface area contributed by atoms with Gasteiger partial charge in [0.15, 0.2) is 0 Å². The summed E-state index contributed by atoms with van der Waals surface area (Å²) in [4.78, 5) is 3.76. The fourth-order valence-corrected chi connectivity index (χ4v) is 3.72. The highest BCUT2D eigenvalue weighted by atomic mass is 32.2.